The third kappa shape index (κ3) is 3.80. The standard InChI is InChI=1S/C27H24O8/c1-32-19-12-11-14(13-20(19)33-2)21(22-24(28)15-7-3-5-9-17(15)34-26(22)30)23-25(29)16-8-4-6-10-18(16)35-27(23)31/h3-13,21-23,26-27,30-31H,1-2H3. The average molecular weight is 476 g/mol. The quantitative estimate of drug-likeness (QED) is 0.578. The summed E-state index contributed by atoms with van der Waals surface area (Å²) in [5.74, 6) is -2.91. The second-order valence-corrected chi connectivity index (χ2v) is 8.43. The second-order valence-electron chi connectivity index (χ2n) is 8.43. The summed E-state index contributed by atoms with van der Waals surface area (Å²) in [4.78, 5) is 27.4. The number of fused-ring (bicyclic) bond motifs is 2. The molecule has 8 heteroatoms. The van der Waals surface area contributed by atoms with E-state index in [1.165, 1.54) is 14.2 Å². The highest BCUT2D eigenvalue weighted by Crippen LogP contribution is 2.47. The lowest BCUT2D eigenvalue weighted by molar-refractivity contribution is -0.0996. The number of rotatable bonds is 5. The Kier molecular flexibility index (Phi) is 5.92. The molecule has 0 fully saturated rings. The van der Waals surface area contributed by atoms with Crippen molar-refractivity contribution in [2.75, 3.05) is 14.2 Å². The molecule has 35 heavy (non-hydrogen) atoms. The van der Waals surface area contributed by atoms with Gasteiger partial charge in [-0.05, 0) is 42.0 Å². The van der Waals surface area contributed by atoms with Gasteiger partial charge < -0.3 is 29.2 Å². The summed E-state index contributed by atoms with van der Waals surface area (Å²) in [6, 6.07) is 18.1. The topological polar surface area (TPSA) is 112 Å². The Labute approximate surface area is 201 Å². The number of Topliss-reactive ketones (excluding diaryl/α,β-unsaturated/α-hetero) is 2. The number of hydrogen-bond donors (Lipinski definition) is 2. The van der Waals surface area contributed by atoms with Crippen LogP contribution in [0.1, 0.15) is 32.2 Å². The Bertz CT molecular complexity index is 1210. The number of aliphatic hydroxyl groups excluding tert-OH is 2. The van der Waals surface area contributed by atoms with E-state index in [0.29, 0.717) is 17.1 Å². The van der Waals surface area contributed by atoms with Gasteiger partial charge in [-0.3, -0.25) is 9.59 Å². The highest BCUT2D eigenvalue weighted by Gasteiger charge is 2.51. The first-order valence-electron chi connectivity index (χ1n) is 11.1. The summed E-state index contributed by atoms with van der Waals surface area (Å²) >= 11 is 0. The largest absolute Gasteiger partial charge is 0.493 e. The Hall–Kier alpha value is -3.88. The molecule has 0 bridgehead atoms. The summed E-state index contributed by atoms with van der Waals surface area (Å²) in [6.07, 6.45) is -3.12. The summed E-state index contributed by atoms with van der Waals surface area (Å²) in [6.45, 7) is 0. The minimum absolute atomic E-state index is 0.254. The normalized spacial score (nSPS) is 23.9. The fourth-order valence-corrected chi connectivity index (χ4v) is 4.95. The maximum absolute atomic E-state index is 13.7. The van der Waals surface area contributed by atoms with Crippen molar-refractivity contribution in [2.24, 2.45) is 11.8 Å². The highest BCUT2D eigenvalue weighted by atomic mass is 16.6. The molecule has 180 valence electrons. The van der Waals surface area contributed by atoms with Gasteiger partial charge in [0.1, 0.15) is 11.5 Å². The van der Waals surface area contributed by atoms with Crippen molar-refractivity contribution >= 4 is 11.6 Å². The van der Waals surface area contributed by atoms with E-state index in [1.807, 2.05) is 0 Å². The zero-order chi connectivity index (χ0) is 24.7. The summed E-state index contributed by atoms with van der Waals surface area (Å²) in [5, 5.41) is 22.0. The van der Waals surface area contributed by atoms with Crippen LogP contribution in [0.25, 0.3) is 0 Å². The van der Waals surface area contributed by atoms with E-state index >= 15 is 0 Å². The molecule has 2 aliphatic heterocycles. The molecule has 0 amide bonds. The second kappa shape index (κ2) is 9.05. The van der Waals surface area contributed by atoms with Crippen LogP contribution in [0.4, 0.5) is 0 Å². The van der Waals surface area contributed by atoms with Crippen LogP contribution in [0.15, 0.2) is 66.7 Å². The SMILES string of the molecule is COc1ccc(C(C2C(=O)c3ccccc3OC2O)C2C(=O)c3ccccc3OC2O)cc1OC. The Morgan fingerprint density at radius 2 is 1.20 bits per heavy atom. The van der Waals surface area contributed by atoms with E-state index in [1.54, 1.807) is 66.7 Å². The van der Waals surface area contributed by atoms with Crippen molar-refractivity contribution in [3.8, 4) is 23.0 Å². The van der Waals surface area contributed by atoms with Crippen molar-refractivity contribution in [1.29, 1.82) is 0 Å². The Morgan fingerprint density at radius 1 is 0.714 bits per heavy atom. The summed E-state index contributed by atoms with van der Waals surface area (Å²) in [5.41, 5.74) is 1.04. The number of ether oxygens (including phenoxy) is 4. The number of aliphatic hydroxyl groups is 2. The molecule has 0 radical (unpaired) electrons. The number of benzene rings is 3. The third-order valence-electron chi connectivity index (χ3n) is 6.59. The maximum Gasteiger partial charge on any atom is 0.208 e. The van der Waals surface area contributed by atoms with E-state index in [4.69, 9.17) is 18.9 Å². The van der Waals surface area contributed by atoms with Crippen LogP contribution in [0.5, 0.6) is 23.0 Å². The fraction of sp³-hybridized carbons (Fsp3) is 0.259. The minimum Gasteiger partial charge on any atom is -0.493 e. The van der Waals surface area contributed by atoms with Crippen molar-refractivity contribution in [3.63, 3.8) is 0 Å². The molecule has 0 saturated carbocycles. The highest BCUT2D eigenvalue weighted by molar-refractivity contribution is 6.05. The molecule has 8 nitrogen and oxygen atoms in total. The zero-order valence-corrected chi connectivity index (χ0v) is 19.1. The van der Waals surface area contributed by atoms with E-state index < -0.39 is 41.9 Å². The van der Waals surface area contributed by atoms with Crippen LogP contribution in [-0.2, 0) is 0 Å². The predicted octanol–water partition coefficient (Wildman–Crippen LogP) is 3.21. The molecular weight excluding hydrogens is 452 g/mol. The first-order chi connectivity index (χ1) is 16.9. The third-order valence-corrected chi connectivity index (χ3v) is 6.59. The van der Waals surface area contributed by atoms with Gasteiger partial charge in [-0.2, -0.15) is 0 Å². The molecule has 0 spiro atoms. The zero-order valence-electron chi connectivity index (χ0n) is 19.1. The molecule has 2 N–H and O–H groups in total. The Balaban J connectivity index is 1.68. The number of carbonyl (C=O) groups is 2. The van der Waals surface area contributed by atoms with Gasteiger partial charge in [-0.25, -0.2) is 0 Å². The van der Waals surface area contributed by atoms with E-state index in [9.17, 15) is 19.8 Å². The molecule has 0 aliphatic carbocycles. The lowest BCUT2D eigenvalue weighted by Crippen LogP contribution is -2.49. The van der Waals surface area contributed by atoms with Crippen molar-refractivity contribution in [3.05, 3.63) is 83.4 Å². The molecule has 2 aliphatic rings. The fourth-order valence-electron chi connectivity index (χ4n) is 4.95. The van der Waals surface area contributed by atoms with Gasteiger partial charge in [0, 0.05) is 5.92 Å². The van der Waals surface area contributed by atoms with Crippen LogP contribution < -0.4 is 18.9 Å². The van der Waals surface area contributed by atoms with E-state index in [-0.39, 0.29) is 22.6 Å². The van der Waals surface area contributed by atoms with Crippen LogP contribution >= 0.6 is 0 Å². The van der Waals surface area contributed by atoms with Gasteiger partial charge in [0.25, 0.3) is 0 Å². The van der Waals surface area contributed by atoms with Gasteiger partial charge in [-0.1, -0.05) is 30.3 Å². The molecule has 3 aromatic carbocycles. The van der Waals surface area contributed by atoms with Crippen molar-refractivity contribution < 1.29 is 38.7 Å². The number of methoxy groups -OCH3 is 2. The molecule has 4 atom stereocenters. The number of ketones is 2. The monoisotopic (exact) mass is 476 g/mol. The summed E-state index contributed by atoms with van der Waals surface area (Å²) < 4.78 is 22.2. The van der Waals surface area contributed by atoms with Gasteiger partial charge in [0.15, 0.2) is 23.1 Å². The first-order valence-corrected chi connectivity index (χ1v) is 11.1. The number of para-hydroxylation sites is 2. The van der Waals surface area contributed by atoms with Crippen LogP contribution in [0.2, 0.25) is 0 Å². The van der Waals surface area contributed by atoms with E-state index in [0.717, 1.165) is 0 Å². The predicted molar refractivity (Wildman–Crippen MR) is 124 cm³/mol. The lowest BCUT2D eigenvalue weighted by atomic mass is 9.69. The van der Waals surface area contributed by atoms with Crippen molar-refractivity contribution in [1.82, 2.24) is 0 Å². The molecule has 0 aromatic heterocycles. The van der Waals surface area contributed by atoms with E-state index in [2.05, 4.69) is 0 Å². The molecule has 0 saturated heterocycles. The minimum atomic E-state index is -1.56. The summed E-state index contributed by atoms with van der Waals surface area (Å²) in [7, 11) is 2.96. The van der Waals surface area contributed by atoms with Crippen molar-refractivity contribution in [2.45, 2.75) is 18.5 Å². The molecule has 5 rings (SSSR count). The lowest BCUT2D eigenvalue weighted by Gasteiger charge is -2.40. The van der Waals surface area contributed by atoms with Gasteiger partial charge in [0.2, 0.25) is 12.6 Å². The van der Waals surface area contributed by atoms with Gasteiger partial charge in [0.05, 0.1) is 37.2 Å². The molecule has 4 unspecified atom stereocenters. The van der Waals surface area contributed by atoms with Crippen LogP contribution in [0, 0.1) is 11.8 Å². The van der Waals surface area contributed by atoms with Crippen LogP contribution in [-0.4, -0.2) is 48.6 Å². The maximum atomic E-state index is 13.7. The average Bonchev–Trinajstić information content (AvgIpc) is 2.87. The van der Waals surface area contributed by atoms with Gasteiger partial charge in [-0.15, -0.1) is 0 Å². The number of carbonyl (C=O) groups excluding carboxylic acids is 2. The van der Waals surface area contributed by atoms with Crippen LogP contribution in [0.3, 0.4) is 0 Å². The Morgan fingerprint density at radius 3 is 1.69 bits per heavy atom. The molecule has 2 heterocycles. The first kappa shape index (κ1) is 22.9. The molecular formula is C27H24O8. The smallest absolute Gasteiger partial charge is 0.208 e. The molecule has 3 aromatic rings. The van der Waals surface area contributed by atoms with Gasteiger partial charge >= 0.3 is 0 Å². The number of hydrogen-bond acceptors (Lipinski definition) is 8.